The van der Waals surface area contributed by atoms with Gasteiger partial charge in [0.2, 0.25) is 5.91 Å². The van der Waals surface area contributed by atoms with Crippen molar-refractivity contribution in [3.8, 4) is 17.2 Å². The Hall–Kier alpha value is -1.86. The molecule has 1 aromatic heterocycles. The molecular weight excluding hydrogens is 346 g/mol. The highest BCUT2D eigenvalue weighted by Crippen LogP contribution is 2.46. The third-order valence-corrected chi connectivity index (χ3v) is 5.98. The lowest BCUT2D eigenvalue weighted by molar-refractivity contribution is -0.128. The lowest BCUT2D eigenvalue weighted by Gasteiger charge is -2.26. The summed E-state index contributed by atoms with van der Waals surface area (Å²) in [5.41, 5.74) is 0.919. The number of carbonyl (C=O) groups is 1. The molecule has 1 aromatic carbocycles. The molecule has 0 aliphatic carbocycles. The Bertz CT molecular complexity index is 718. The molecule has 1 fully saturated rings. The molecule has 1 atom stereocenters. The van der Waals surface area contributed by atoms with Crippen LogP contribution >= 0.6 is 23.1 Å². The second-order valence-corrected chi connectivity index (χ2v) is 7.31. The maximum atomic E-state index is 12.4. The van der Waals surface area contributed by atoms with Gasteiger partial charge in [0.05, 0.1) is 33.6 Å². The Labute approximate surface area is 149 Å². The molecule has 0 radical (unpaired) electrons. The maximum Gasteiger partial charge on any atom is 0.234 e. The summed E-state index contributed by atoms with van der Waals surface area (Å²) < 4.78 is 16.3. The Kier molecular flexibility index (Phi) is 5.20. The molecule has 2 heterocycles. The molecule has 1 amide bonds. The van der Waals surface area contributed by atoms with Gasteiger partial charge in [-0.15, -0.1) is 23.1 Å². The van der Waals surface area contributed by atoms with Crippen molar-refractivity contribution < 1.29 is 19.0 Å². The topological polar surface area (TPSA) is 48.0 Å². The van der Waals surface area contributed by atoms with Gasteiger partial charge in [-0.1, -0.05) is 6.07 Å². The van der Waals surface area contributed by atoms with E-state index in [0.717, 1.165) is 10.4 Å². The number of ether oxygens (including phenoxy) is 3. The number of hydrogen-bond donors (Lipinski definition) is 0. The summed E-state index contributed by atoms with van der Waals surface area (Å²) in [5, 5.41) is 1.92. The first-order chi connectivity index (χ1) is 11.7. The summed E-state index contributed by atoms with van der Waals surface area (Å²) in [6, 6.07) is 7.75. The van der Waals surface area contributed by atoms with E-state index in [1.807, 2.05) is 28.5 Å². The van der Waals surface area contributed by atoms with Crippen molar-refractivity contribution in [3.05, 3.63) is 40.1 Å². The summed E-state index contributed by atoms with van der Waals surface area (Å²) >= 11 is 3.25. The molecule has 1 unspecified atom stereocenters. The van der Waals surface area contributed by atoms with Gasteiger partial charge in [0.1, 0.15) is 11.1 Å². The van der Waals surface area contributed by atoms with Crippen LogP contribution in [0.4, 0.5) is 0 Å². The number of benzene rings is 1. The number of carbonyl (C=O) groups excluding carboxylic acids is 1. The lowest BCUT2D eigenvalue weighted by atomic mass is 10.1. The standard InChI is InChI=1S/C17H19NO4S2/c1-20-13-8-15(22-3)14(21-2)7-12(13)17-18(16(19)10-24-17)9-11-5-4-6-23-11/h4-8,17H,9-10H2,1-3H3. The van der Waals surface area contributed by atoms with E-state index in [1.165, 1.54) is 0 Å². The van der Waals surface area contributed by atoms with Gasteiger partial charge in [0.15, 0.2) is 11.5 Å². The molecule has 0 N–H and O–H groups in total. The minimum atomic E-state index is -0.102. The second kappa shape index (κ2) is 7.36. The van der Waals surface area contributed by atoms with Crippen molar-refractivity contribution in [2.45, 2.75) is 11.9 Å². The molecule has 1 saturated heterocycles. The van der Waals surface area contributed by atoms with Gasteiger partial charge in [-0.3, -0.25) is 4.79 Å². The van der Waals surface area contributed by atoms with Crippen LogP contribution in [0.1, 0.15) is 15.8 Å². The minimum Gasteiger partial charge on any atom is -0.496 e. The number of thioether (sulfide) groups is 1. The van der Waals surface area contributed by atoms with E-state index in [0.29, 0.717) is 29.5 Å². The van der Waals surface area contributed by atoms with Gasteiger partial charge in [-0.05, 0) is 17.5 Å². The third kappa shape index (κ3) is 3.18. The summed E-state index contributed by atoms with van der Waals surface area (Å²) in [5.74, 6) is 2.53. The molecule has 1 aliphatic heterocycles. The Morgan fingerprint density at radius 3 is 2.46 bits per heavy atom. The molecule has 128 valence electrons. The smallest absolute Gasteiger partial charge is 0.234 e. The normalized spacial score (nSPS) is 17.2. The number of thiophene rings is 1. The predicted octanol–water partition coefficient (Wildman–Crippen LogP) is 3.55. The monoisotopic (exact) mass is 365 g/mol. The second-order valence-electron chi connectivity index (χ2n) is 5.21. The first-order valence-electron chi connectivity index (χ1n) is 7.41. The third-order valence-electron chi connectivity index (χ3n) is 3.88. The van der Waals surface area contributed by atoms with Crippen LogP contribution in [0.25, 0.3) is 0 Å². The first-order valence-corrected chi connectivity index (χ1v) is 9.34. The van der Waals surface area contributed by atoms with Gasteiger partial charge in [0.25, 0.3) is 0 Å². The molecule has 2 aromatic rings. The zero-order valence-electron chi connectivity index (χ0n) is 13.8. The van der Waals surface area contributed by atoms with E-state index in [9.17, 15) is 4.79 Å². The Morgan fingerprint density at radius 2 is 1.83 bits per heavy atom. The maximum absolute atomic E-state index is 12.4. The number of amides is 1. The highest BCUT2D eigenvalue weighted by Gasteiger charge is 2.35. The molecule has 3 rings (SSSR count). The van der Waals surface area contributed by atoms with Crippen LogP contribution in [-0.2, 0) is 11.3 Å². The van der Waals surface area contributed by atoms with E-state index >= 15 is 0 Å². The van der Waals surface area contributed by atoms with Crippen LogP contribution in [0.2, 0.25) is 0 Å². The molecule has 7 heteroatoms. The number of rotatable bonds is 6. The zero-order valence-corrected chi connectivity index (χ0v) is 15.4. The van der Waals surface area contributed by atoms with Crippen LogP contribution in [-0.4, -0.2) is 37.9 Å². The van der Waals surface area contributed by atoms with Crippen molar-refractivity contribution in [3.63, 3.8) is 0 Å². The van der Waals surface area contributed by atoms with E-state index in [-0.39, 0.29) is 11.3 Å². The van der Waals surface area contributed by atoms with Gasteiger partial charge < -0.3 is 19.1 Å². The first kappa shape index (κ1) is 17.0. The van der Waals surface area contributed by atoms with E-state index in [4.69, 9.17) is 14.2 Å². The Balaban J connectivity index is 1.98. The highest BCUT2D eigenvalue weighted by molar-refractivity contribution is 8.00. The lowest BCUT2D eigenvalue weighted by Crippen LogP contribution is -2.27. The van der Waals surface area contributed by atoms with Crippen LogP contribution in [0, 0.1) is 0 Å². The largest absolute Gasteiger partial charge is 0.496 e. The predicted molar refractivity (Wildman–Crippen MR) is 96.2 cm³/mol. The molecule has 0 bridgehead atoms. The van der Waals surface area contributed by atoms with Crippen molar-refractivity contribution >= 4 is 29.0 Å². The molecule has 0 saturated carbocycles. The highest BCUT2D eigenvalue weighted by atomic mass is 32.2. The minimum absolute atomic E-state index is 0.102. The van der Waals surface area contributed by atoms with Crippen molar-refractivity contribution in [1.29, 1.82) is 0 Å². The fourth-order valence-electron chi connectivity index (χ4n) is 2.70. The number of hydrogen-bond acceptors (Lipinski definition) is 6. The van der Waals surface area contributed by atoms with Crippen molar-refractivity contribution in [2.75, 3.05) is 27.1 Å². The summed E-state index contributed by atoms with van der Waals surface area (Å²) in [6.07, 6.45) is 0. The van der Waals surface area contributed by atoms with Crippen LogP contribution in [0.3, 0.4) is 0 Å². The summed E-state index contributed by atoms with van der Waals surface area (Å²) in [4.78, 5) is 15.4. The van der Waals surface area contributed by atoms with E-state index in [2.05, 4.69) is 0 Å². The number of methoxy groups -OCH3 is 3. The average Bonchev–Trinajstić information content (AvgIpc) is 3.24. The van der Waals surface area contributed by atoms with Crippen molar-refractivity contribution in [2.24, 2.45) is 0 Å². The molecule has 24 heavy (non-hydrogen) atoms. The van der Waals surface area contributed by atoms with Gasteiger partial charge in [0, 0.05) is 16.5 Å². The average molecular weight is 365 g/mol. The summed E-state index contributed by atoms with van der Waals surface area (Å²) in [7, 11) is 4.81. The SMILES string of the molecule is COc1cc(OC)c(C2SCC(=O)N2Cc2cccs2)cc1OC. The van der Waals surface area contributed by atoms with E-state index in [1.54, 1.807) is 50.5 Å². The van der Waals surface area contributed by atoms with Crippen LogP contribution < -0.4 is 14.2 Å². The fraction of sp³-hybridized carbons (Fsp3) is 0.353. The fourth-order valence-corrected chi connectivity index (χ4v) is 4.60. The quantitative estimate of drug-likeness (QED) is 0.783. The summed E-state index contributed by atoms with van der Waals surface area (Å²) in [6.45, 7) is 0.603. The molecule has 1 aliphatic rings. The molecular formula is C17H19NO4S2. The van der Waals surface area contributed by atoms with Crippen LogP contribution in [0.5, 0.6) is 17.2 Å². The number of nitrogens with zero attached hydrogens (tertiary/aromatic N) is 1. The molecule has 0 spiro atoms. The van der Waals surface area contributed by atoms with Gasteiger partial charge in [-0.25, -0.2) is 0 Å². The van der Waals surface area contributed by atoms with Gasteiger partial charge in [-0.2, -0.15) is 0 Å². The van der Waals surface area contributed by atoms with Gasteiger partial charge >= 0.3 is 0 Å². The van der Waals surface area contributed by atoms with E-state index < -0.39 is 0 Å². The Morgan fingerprint density at radius 1 is 1.12 bits per heavy atom. The molecule has 5 nitrogen and oxygen atoms in total. The van der Waals surface area contributed by atoms with Crippen LogP contribution in [0.15, 0.2) is 29.6 Å². The van der Waals surface area contributed by atoms with Crippen molar-refractivity contribution in [1.82, 2.24) is 4.90 Å². The zero-order chi connectivity index (χ0) is 17.1.